The molecule has 0 saturated carbocycles. The highest BCUT2D eigenvalue weighted by atomic mass is 19.1. The summed E-state index contributed by atoms with van der Waals surface area (Å²) in [7, 11) is 0. The molecule has 5 rings (SSSR count). The van der Waals surface area contributed by atoms with Gasteiger partial charge in [-0.15, -0.1) is 0 Å². The lowest BCUT2D eigenvalue weighted by Gasteiger charge is -2.26. The minimum absolute atomic E-state index is 0.0268. The molecule has 2 aliphatic heterocycles. The Kier molecular flexibility index (Phi) is 6.02. The van der Waals surface area contributed by atoms with Crippen molar-refractivity contribution in [2.75, 3.05) is 43.1 Å². The molecule has 2 heterocycles. The number of nitrogens with zero attached hydrogens (tertiary/aromatic N) is 2. The smallest absolute Gasteiger partial charge is 0.326 e. The summed E-state index contributed by atoms with van der Waals surface area (Å²) in [5, 5.41) is 2.79. The molecule has 1 saturated heterocycles. The van der Waals surface area contributed by atoms with Crippen molar-refractivity contribution in [2.45, 2.75) is 13.3 Å². The normalized spacial score (nSPS) is 15.2. The van der Waals surface area contributed by atoms with Gasteiger partial charge in [0.2, 0.25) is 0 Å². The van der Waals surface area contributed by atoms with E-state index in [1.165, 1.54) is 6.07 Å². The van der Waals surface area contributed by atoms with E-state index in [2.05, 4.69) is 11.4 Å². The van der Waals surface area contributed by atoms with E-state index in [1.54, 1.807) is 24.0 Å². The van der Waals surface area contributed by atoms with Crippen molar-refractivity contribution in [2.24, 2.45) is 0 Å². The molecule has 2 aliphatic rings. The Bertz CT molecular complexity index is 1240. The van der Waals surface area contributed by atoms with Gasteiger partial charge in [0.15, 0.2) is 0 Å². The van der Waals surface area contributed by atoms with Crippen molar-refractivity contribution in [3.05, 3.63) is 83.2 Å². The molecule has 0 aromatic heterocycles. The van der Waals surface area contributed by atoms with Crippen molar-refractivity contribution < 1.29 is 18.7 Å². The first-order valence-electron chi connectivity index (χ1n) is 11.4. The predicted octanol–water partition coefficient (Wildman–Crippen LogP) is 4.87. The maximum absolute atomic E-state index is 13.8. The predicted molar refractivity (Wildman–Crippen MR) is 130 cm³/mol. The maximum atomic E-state index is 13.8. The molecule has 0 unspecified atom stereocenters. The van der Waals surface area contributed by atoms with Crippen molar-refractivity contribution in [3.63, 3.8) is 0 Å². The Morgan fingerprint density at radius 2 is 1.65 bits per heavy atom. The monoisotopic (exact) mass is 459 g/mol. The van der Waals surface area contributed by atoms with E-state index >= 15 is 0 Å². The van der Waals surface area contributed by atoms with E-state index in [-0.39, 0.29) is 17.8 Å². The van der Waals surface area contributed by atoms with Crippen LogP contribution in [-0.2, 0) is 11.2 Å². The molecule has 0 aliphatic carbocycles. The Morgan fingerprint density at radius 1 is 0.912 bits per heavy atom. The number of urea groups is 1. The van der Waals surface area contributed by atoms with Gasteiger partial charge in [-0.3, -0.25) is 9.69 Å². The molecular formula is C27H26FN3O3. The third-order valence-electron chi connectivity index (χ3n) is 6.41. The summed E-state index contributed by atoms with van der Waals surface area (Å²) in [6, 6.07) is 18.1. The molecule has 6 nitrogen and oxygen atoms in total. The molecular weight excluding hydrogens is 433 g/mol. The highest BCUT2D eigenvalue weighted by Gasteiger charge is 2.25. The molecule has 34 heavy (non-hydrogen) atoms. The molecule has 7 heteroatoms. The second kappa shape index (κ2) is 9.27. The van der Waals surface area contributed by atoms with Gasteiger partial charge in [-0.05, 0) is 72.0 Å². The second-order valence-corrected chi connectivity index (χ2v) is 8.62. The van der Waals surface area contributed by atoms with Crippen molar-refractivity contribution in [1.29, 1.82) is 0 Å². The summed E-state index contributed by atoms with van der Waals surface area (Å²) < 4.78 is 19.1. The Balaban J connectivity index is 1.29. The van der Waals surface area contributed by atoms with Gasteiger partial charge >= 0.3 is 6.03 Å². The fourth-order valence-electron chi connectivity index (χ4n) is 4.41. The molecule has 0 bridgehead atoms. The van der Waals surface area contributed by atoms with E-state index in [0.29, 0.717) is 49.7 Å². The van der Waals surface area contributed by atoms with Crippen molar-refractivity contribution in [3.8, 4) is 11.1 Å². The van der Waals surface area contributed by atoms with Crippen LogP contribution in [0.15, 0.2) is 60.7 Å². The number of fused-ring (bicyclic) bond motifs is 1. The van der Waals surface area contributed by atoms with Crippen LogP contribution in [0.3, 0.4) is 0 Å². The van der Waals surface area contributed by atoms with Crippen LogP contribution >= 0.6 is 0 Å². The van der Waals surface area contributed by atoms with Gasteiger partial charge in [-0.2, -0.15) is 0 Å². The summed E-state index contributed by atoms with van der Waals surface area (Å²) in [5.41, 5.74) is 5.62. The number of hydrogen-bond donors (Lipinski definition) is 1. The molecule has 0 spiro atoms. The van der Waals surface area contributed by atoms with Gasteiger partial charge in [0, 0.05) is 36.6 Å². The number of rotatable bonds is 3. The number of aryl methyl sites for hydroxylation is 1. The zero-order chi connectivity index (χ0) is 23.7. The third-order valence-corrected chi connectivity index (χ3v) is 6.41. The van der Waals surface area contributed by atoms with E-state index in [1.807, 2.05) is 41.3 Å². The first-order valence-corrected chi connectivity index (χ1v) is 11.4. The number of carbonyl (C=O) groups is 2. The van der Waals surface area contributed by atoms with Gasteiger partial charge in [0.05, 0.1) is 13.2 Å². The zero-order valence-corrected chi connectivity index (χ0v) is 19.0. The van der Waals surface area contributed by atoms with Crippen LogP contribution in [0.1, 0.15) is 21.5 Å². The summed E-state index contributed by atoms with van der Waals surface area (Å²) in [4.78, 5) is 29.0. The first kappa shape index (κ1) is 22.1. The maximum Gasteiger partial charge on any atom is 0.326 e. The fraction of sp³-hybridized carbons (Fsp3) is 0.259. The molecule has 0 atom stereocenters. The summed E-state index contributed by atoms with van der Waals surface area (Å²) in [6.07, 6.45) is 0.743. The lowest BCUT2D eigenvalue weighted by atomic mass is 10.0. The number of nitrogens with one attached hydrogen (secondary N) is 1. The van der Waals surface area contributed by atoms with Crippen LogP contribution in [0.5, 0.6) is 0 Å². The van der Waals surface area contributed by atoms with Gasteiger partial charge in [0.1, 0.15) is 5.82 Å². The summed E-state index contributed by atoms with van der Waals surface area (Å²) in [5.74, 6) is -0.319. The molecule has 1 N–H and O–H groups in total. The number of amides is 3. The zero-order valence-electron chi connectivity index (χ0n) is 19.0. The minimum atomic E-state index is -0.345. The number of ether oxygens (including phenoxy) is 1. The number of carbonyl (C=O) groups excluding carboxylic acids is 2. The number of anilines is 2. The lowest BCUT2D eigenvalue weighted by Crippen LogP contribution is -2.40. The second-order valence-electron chi connectivity index (χ2n) is 8.62. The molecule has 3 aromatic carbocycles. The molecule has 3 amide bonds. The molecule has 1 fully saturated rings. The number of halogens is 1. The number of benzene rings is 3. The third kappa shape index (κ3) is 4.39. The van der Waals surface area contributed by atoms with Crippen LogP contribution < -0.4 is 10.2 Å². The van der Waals surface area contributed by atoms with Crippen molar-refractivity contribution in [1.82, 2.24) is 4.90 Å². The van der Waals surface area contributed by atoms with E-state index in [4.69, 9.17) is 4.74 Å². The van der Waals surface area contributed by atoms with Gasteiger partial charge in [-0.1, -0.05) is 24.3 Å². The van der Waals surface area contributed by atoms with Crippen LogP contribution in [0.4, 0.5) is 20.6 Å². The molecule has 0 radical (unpaired) electrons. The van der Waals surface area contributed by atoms with Gasteiger partial charge < -0.3 is 15.0 Å². The average Bonchev–Trinajstić information content (AvgIpc) is 3.30. The van der Waals surface area contributed by atoms with Crippen LogP contribution in [0.25, 0.3) is 11.1 Å². The van der Waals surface area contributed by atoms with Gasteiger partial charge in [-0.25, -0.2) is 9.18 Å². The summed E-state index contributed by atoms with van der Waals surface area (Å²) >= 11 is 0. The lowest BCUT2D eigenvalue weighted by molar-refractivity contribution is 0.0303. The Hall–Kier alpha value is -3.71. The number of hydrogen-bond acceptors (Lipinski definition) is 3. The number of morpholine rings is 1. The standard InChI is InChI=1S/C27H26FN3O3/c1-18-2-8-23(17-24(18)28)29-27(33)31-11-10-22-16-21(7-9-25(22)31)19-3-5-20(6-4-19)26(32)30-12-14-34-15-13-30/h2-9,16-17H,10-15H2,1H3,(H,29,33). The Morgan fingerprint density at radius 3 is 2.38 bits per heavy atom. The van der Waals surface area contributed by atoms with E-state index in [9.17, 15) is 14.0 Å². The quantitative estimate of drug-likeness (QED) is 0.608. The van der Waals surface area contributed by atoms with Crippen LogP contribution in [0, 0.1) is 12.7 Å². The average molecular weight is 460 g/mol. The van der Waals surface area contributed by atoms with Gasteiger partial charge in [0.25, 0.3) is 5.91 Å². The van der Waals surface area contributed by atoms with Crippen molar-refractivity contribution >= 4 is 23.3 Å². The van der Waals surface area contributed by atoms with Crippen LogP contribution in [-0.4, -0.2) is 49.7 Å². The van der Waals surface area contributed by atoms with E-state index < -0.39 is 0 Å². The van der Waals surface area contributed by atoms with Crippen LogP contribution in [0.2, 0.25) is 0 Å². The SMILES string of the molecule is Cc1ccc(NC(=O)N2CCc3cc(-c4ccc(C(=O)N5CCOCC5)cc4)ccc32)cc1F. The highest BCUT2D eigenvalue weighted by Crippen LogP contribution is 2.33. The van der Waals surface area contributed by atoms with E-state index in [0.717, 1.165) is 28.8 Å². The summed E-state index contributed by atoms with van der Waals surface area (Å²) in [6.45, 7) is 4.64. The topological polar surface area (TPSA) is 61.9 Å². The molecule has 174 valence electrons. The molecule has 3 aromatic rings. The minimum Gasteiger partial charge on any atom is -0.378 e. The largest absolute Gasteiger partial charge is 0.378 e. The fourth-order valence-corrected chi connectivity index (χ4v) is 4.41. The first-order chi connectivity index (χ1) is 16.5. The highest BCUT2D eigenvalue weighted by molar-refractivity contribution is 6.03. The Labute approximate surface area is 197 Å².